The highest BCUT2D eigenvalue weighted by Crippen LogP contribution is 2.27. The first-order valence-corrected chi connectivity index (χ1v) is 7.97. The summed E-state index contributed by atoms with van der Waals surface area (Å²) in [7, 11) is 0. The van der Waals surface area contributed by atoms with Crippen molar-refractivity contribution in [3.8, 4) is 0 Å². The zero-order valence-corrected chi connectivity index (χ0v) is 13.4. The molecule has 0 saturated heterocycles. The van der Waals surface area contributed by atoms with Crippen molar-refractivity contribution < 1.29 is 0 Å². The molecule has 0 aliphatic rings. The molecule has 0 radical (unpaired) electrons. The molecule has 2 aromatic rings. The lowest BCUT2D eigenvalue weighted by atomic mass is 10.0. The van der Waals surface area contributed by atoms with Gasteiger partial charge in [-0.25, -0.2) is 0 Å². The summed E-state index contributed by atoms with van der Waals surface area (Å²) in [5.74, 6) is 0.358. The summed E-state index contributed by atoms with van der Waals surface area (Å²) in [6.45, 7) is 9.35. The van der Waals surface area contributed by atoms with Gasteiger partial charge in [0, 0.05) is 24.7 Å². The predicted octanol–water partition coefficient (Wildman–Crippen LogP) is 2.68. The van der Waals surface area contributed by atoms with Crippen molar-refractivity contribution in [3.05, 3.63) is 28.0 Å². The summed E-state index contributed by atoms with van der Waals surface area (Å²) in [5, 5.41) is 8.78. The zero-order chi connectivity index (χ0) is 14.7. The van der Waals surface area contributed by atoms with Gasteiger partial charge in [-0.2, -0.15) is 5.10 Å². The molecule has 2 rings (SSSR count). The molecule has 0 bridgehead atoms. The Kier molecular flexibility index (Phi) is 4.88. The predicted molar refractivity (Wildman–Crippen MR) is 81.9 cm³/mol. The third kappa shape index (κ3) is 3.07. The molecule has 2 N–H and O–H groups in total. The third-order valence-corrected chi connectivity index (χ3v) is 4.30. The van der Waals surface area contributed by atoms with Crippen LogP contribution in [0.5, 0.6) is 0 Å². The summed E-state index contributed by atoms with van der Waals surface area (Å²) in [4.78, 5) is 1.10. The Labute approximate surface area is 124 Å². The fourth-order valence-corrected chi connectivity index (χ4v) is 3.11. The van der Waals surface area contributed by atoms with Crippen LogP contribution in [0.1, 0.15) is 61.6 Å². The molecule has 0 aliphatic carbocycles. The van der Waals surface area contributed by atoms with Gasteiger partial charge >= 0.3 is 0 Å². The Morgan fingerprint density at radius 3 is 2.70 bits per heavy atom. The average Bonchev–Trinajstić information content (AvgIpc) is 3.04. The number of rotatable bonds is 6. The van der Waals surface area contributed by atoms with E-state index in [-0.39, 0.29) is 6.04 Å². The topological polar surface area (TPSA) is 69.6 Å². The smallest absolute Gasteiger partial charge is 0.0829 e. The van der Waals surface area contributed by atoms with Crippen molar-refractivity contribution in [1.82, 2.24) is 19.4 Å². The molecule has 6 heteroatoms. The molecule has 0 spiro atoms. The van der Waals surface area contributed by atoms with Gasteiger partial charge in [0.05, 0.1) is 16.3 Å². The van der Waals surface area contributed by atoms with E-state index in [1.54, 1.807) is 0 Å². The second-order valence-corrected chi connectivity index (χ2v) is 6.07. The number of nitrogens with two attached hydrogens (primary N) is 1. The molecule has 20 heavy (non-hydrogen) atoms. The van der Waals surface area contributed by atoms with Crippen LogP contribution >= 0.6 is 11.5 Å². The molecule has 1 atom stereocenters. The molecule has 5 nitrogen and oxygen atoms in total. The van der Waals surface area contributed by atoms with E-state index in [0.29, 0.717) is 5.92 Å². The summed E-state index contributed by atoms with van der Waals surface area (Å²) < 4.78 is 6.10. The molecule has 2 aromatic heterocycles. The Balaban J connectivity index is 2.20. The Morgan fingerprint density at radius 1 is 1.35 bits per heavy atom. The summed E-state index contributed by atoms with van der Waals surface area (Å²) in [6, 6.07) is 2.10. The molecule has 110 valence electrons. The first kappa shape index (κ1) is 15.1. The lowest BCUT2D eigenvalue weighted by Gasteiger charge is -2.13. The van der Waals surface area contributed by atoms with E-state index in [2.05, 4.69) is 48.4 Å². The monoisotopic (exact) mass is 293 g/mol. The van der Waals surface area contributed by atoms with E-state index in [1.807, 2.05) is 4.68 Å². The minimum atomic E-state index is -0.0564. The van der Waals surface area contributed by atoms with E-state index < -0.39 is 0 Å². The van der Waals surface area contributed by atoms with Gasteiger partial charge in [0.15, 0.2) is 0 Å². The van der Waals surface area contributed by atoms with E-state index in [9.17, 15) is 0 Å². The van der Waals surface area contributed by atoms with Crippen LogP contribution in [-0.4, -0.2) is 19.4 Å². The minimum Gasteiger partial charge on any atom is -0.323 e. The lowest BCUT2D eigenvalue weighted by Crippen LogP contribution is -2.16. The van der Waals surface area contributed by atoms with Gasteiger partial charge in [-0.05, 0) is 36.9 Å². The van der Waals surface area contributed by atoms with Gasteiger partial charge < -0.3 is 5.73 Å². The maximum Gasteiger partial charge on any atom is 0.0829 e. The first-order chi connectivity index (χ1) is 9.56. The quantitative estimate of drug-likeness (QED) is 0.889. The molecule has 0 saturated carbocycles. The van der Waals surface area contributed by atoms with Gasteiger partial charge in [-0.1, -0.05) is 25.3 Å². The van der Waals surface area contributed by atoms with Crippen LogP contribution in [0, 0.1) is 0 Å². The van der Waals surface area contributed by atoms with Crippen LogP contribution in [0.15, 0.2) is 6.07 Å². The minimum absolute atomic E-state index is 0.0564. The number of nitrogens with zero attached hydrogens (tertiary/aromatic N) is 4. The van der Waals surface area contributed by atoms with Gasteiger partial charge in [-0.15, -0.1) is 5.10 Å². The Morgan fingerprint density at radius 2 is 2.10 bits per heavy atom. The largest absolute Gasteiger partial charge is 0.323 e. The second kappa shape index (κ2) is 6.45. The van der Waals surface area contributed by atoms with Gasteiger partial charge in [0.1, 0.15) is 0 Å². The first-order valence-electron chi connectivity index (χ1n) is 7.20. The molecule has 0 amide bonds. The van der Waals surface area contributed by atoms with Crippen molar-refractivity contribution in [2.45, 2.75) is 59.0 Å². The maximum atomic E-state index is 6.37. The number of aryl methyl sites for hydroxylation is 2. The van der Waals surface area contributed by atoms with Crippen LogP contribution < -0.4 is 5.73 Å². The van der Waals surface area contributed by atoms with Gasteiger partial charge in [-0.3, -0.25) is 4.68 Å². The second-order valence-electron chi connectivity index (χ2n) is 5.28. The van der Waals surface area contributed by atoms with Crippen LogP contribution in [-0.2, 0) is 19.4 Å². The molecule has 2 heterocycles. The fourth-order valence-electron chi connectivity index (χ4n) is 2.31. The fraction of sp³-hybridized carbons (Fsp3) is 0.643. The highest BCUT2D eigenvalue weighted by Gasteiger charge is 2.20. The highest BCUT2D eigenvalue weighted by atomic mass is 32.1. The van der Waals surface area contributed by atoms with Crippen molar-refractivity contribution in [2.75, 3.05) is 0 Å². The van der Waals surface area contributed by atoms with E-state index >= 15 is 0 Å². The van der Waals surface area contributed by atoms with Crippen molar-refractivity contribution in [1.29, 1.82) is 0 Å². The van der Waals surface area contributed by atoms with E-state index in [1.165, 1.54) is 17.2 Å². The van der Waals surface area contributed by atoms with Crippen molar-refractivity contribution >= 4 is 11.5 Å². The standard InChI is InChI=1S/C14H23N5S/c1-5-10-7-11(19(6-2)17-10)8-12(15)14-13(9(3)4)16-18-20-14/h7,9,12H,5-6,8,15H2,1-4H3. The van der Waals surface area contributed by atoms with E-state index in [0.717, 1.165) is 35.7 Å². The Bertz CT molecular complexity index is 558. The van der Waals surface area contributed by atoms with Crippen LogP contribution in [0.3, 0.4) is 0 Å². The van der Waals surface area contributed by atoms with Gasteiger partial charge in [0.25, 0.3) is 0 Å². The molecular formula is C14H23N5S. The number of aromatic nitrogens is 4. The molecule has 0 aliphatic heterocycles. The lowest BCUT2D eigenvalue weighted by molar-refractivity contribution is 0.584. The zero-order valence-electron chi connectivity index (χ0n) is 12.6. The number of hydrogen-bond acceptors (Lipinski definition) is 5. The summed E-state index contributed by atoms with van der Waals surface area (Å²) >= 11 is 1.42. The molecule has 0 aromatic carbocycles. The third-order valence-electron chi connectivity index (χ3n) is 3.43. The van der Waals surface area contributed by atoms with Gasteiger partial charge in [0.2, 0.25) is 0 Å². The molecular weight excluding hydrogens is 270 g/mol. The number of hydrogen-bond donors (Lipinski definition) is 1. The Hall–Kier alpha value is -1.27. The SMILES string of the molecule is CCc1cc(CC(N)c2snnc2C(C)C)n(CC)n1. The van der Waals surface area contributed by atoms with Crippen molar-refractivity contribution in [2.24, 2.45) is 5.73 Å². The van der Waals surface area contributed by atoms with Crippen LogP contribution in [0.4, 0.5) is 0 Å². The van der Waals surface area contributed by atoms with E-state index in [4.69, 9.17) is 5.73 Å². The van der Waals surface area contributed by atoms with Crippen LogP contribution in [0.25, 0.3) is 0 Å². The highest BCUT2D eigenvalue weighted by molar-refractivity contribution is 7.05. The maximum absolute atomic E-state index is 6.37. The average molecular weight is 293 g/mol. The van der Waals surface area contributed by atoms with Crippen molar-refractivity contribution in [3.63, 3.8) is 0 Å². The summed E-state index contributed by atoms with van der Waals surface area (Å²) in [6.07, 6.45) is 1.74. The molecule has 0 fully saturated rings. The molecule has 1 unspecified atom stereocenters. The normalized spacial score (nSPS) is 13.1. The summed E-state index contributed by atoms with van der Waals surface area (Å²) in [5.41, 5.74) is 9.72. The van der Waals surface area contributed by atoms with Crippen LogP contribution in [0.2, 0.25) is 0 Å².